The summed E-state index contributed by atoms with van der Waals surface area (Å²) in [4.78, 5) is 12.4. The fourth-order valence-corrected chi connectivity index (χ4v) is 0.613. The molecule has 72 valence electrons. The van der Waals surface area contributed by atoms with E-state index < -0.39 is 9.17 Å². The molecule has 0 bridgehead atoms. The van der Waals surface area contributed by atoms with Gasteiger partial charge in [-0.05, 0) is 0 Å². The van der Waals surface area contributed by atoms with Crippen LogP contribution < -0.4 is 0 Å². The monoisotopic (exact) mass is 196 g/mol. The van der Waals surface area contributed by atoms with Gasteiger partial charge < -0.3 is 18.8 Å². The molecule has 0 atom stereocenters. The van der Waals surface area contributed by atoms with Crippen molar-refractivity contribution in [2.45, 2.75) is 0 Å². The smallest absolute Gasteiger partial charge is 0.510 e. The lowest BCUT2D eigenvalue weighted by Gasteiger charge is -2.02. The molecule has 0 aromatic rings. The molecule has 0 aliphatic rings. The normalized spacial score (nSPS) is 9.75. The molecule has 1 N–H and O–H groups in total. The lowest BCUT2D eigenvalue weighted by Crippen LogP contribution is -2.12. The second-order valence-electron chi connectivity index (χ2n) is 1.78. The Morgan fingerprint density at radius 1 is 1.25 bits per heavy atom. The molecule has 0 aromatic heterocycles. The second kappa shape index (κ2) is 8.59. The number of ether oxygens (including phenoxy) is 2. The minimum absolute atomic E-state index is 0.126. The van der Waals surface area contributed by atoms with Crippen molar-refractivity contribution in [1.29, 1.82) is 0 Å². The van der Waals surface area contributed by atoms with E-state index in [1.807, 2.05) is 0 Å². The highest BCUT2D eigenvalue weighted by atomic mass is 28.3. The Morgan fingerprint density at radius 3 is 2.50 bits per heavy atom. The highest BCUT2D eigenvalue weighted by Crippen LogP contribution is 1.80. The van der Waals surface area contributed by atoms with E-state index in [2.05, 4.69) is 9.46 Å². The predicted molar refractivity (Wildman–Crippen MR) is 38.4 cm³/mol. The van der Waals surface area contributed by atoms with Gasteiger partial charge in [-0.15, -0.1) is 0 Å². The van der Waals surface area contributed by atoms with Crippen LogP contribution in [-0.2, 0) is 23.4 Å². The Labute approximate surface area is 71.8 Å². The third-order valence-corrected chi connectivity index (χ3v) is 1.13. The van der Waals surface area contributed by atoms with E-state index in [9.17, 15) is 4.46 Å². The summed E-state index contributed by atoms with van der Waals surface area (Å²) in [6.45, 7) is 1.41. The Balaban J connectivity index is 2.86. The van der Waals surface area contributed by atoms with Gasteiger partial charge in [0.25, 0.3) is 0 Å². The van der Waals surface area contributed by atoms with Crippen LogP contribution in [-0.4, -0.2) is 47.5 Å². The van der Waals surface area contributed by atoms with Gasteiger partial charge in [0.2, 0.25) is 0 Å². The topological polar surface area (TPSA) is 74.2 Å². The Kier molecular flexibility index (Phi) is 8.23. The summed E-state index contributed by atoms with van der Waals surface area (Å²) in [6, 6.07) is 0. The van der Waals surface area contributed by atoms with Crippen LogP contribution in [0.15, 0.2) is 0 Å². The number of hydrogen-bond acceptors (Lipinski definition) is 5. The van der Waals surface area contributed by atoms with E-state index >= 15 is 0 Å². The second-order valence-corrected chi connectivity index (χ2v) is 2.47. The van der Waals surface area contributed by atoms with Gasteiger partial charge >= 0.3 is 9.17 Å². The van der Waals surface area contributed by atoms with Crippen molar-refractivity contribution in [2.24, 2.45) is 0 Å². The zero-order valence-electron chi connectivity index (χ0n) is 6.82. The molecule has 12 heavy (non-hydrogen) atoms. The maximum atomic E-state index is 9.91. The van der Waals surface area contributed by atoms with Crippen molar-refractivity contribution in [3.05, 3.63) is 0 Å². The summed E-state index contributed by atoms with van der Waals surface area (Å²) < 4.78 is 23.5. The van der Waals surface area contributed by atoms with E-state index in [1.165, 1.54) is 0 Å². The average Bonchev–Trinajstić information content (AvgIpc) is 2.02. The van der Waals surface area contributed by atoms with Crippen molar-refractivity contribution >= 4 is 9.17 Å². The fourth-order valence-electron chi connectivity index (χ4n) is 0.429. The first kappa shape index (κ1) is 11.5. The summed E-state index contributed by atoms with van der Waals surface area (Å²) in [5.41, 5.74) is 0. The zero-order chi connectivity index (χ0) is 9.23. The van der Waals surface area contributed by atoms with Gasteiger partial charge in [0, 0.05) is 7.11 Å². The van der Waals surface area contributed by atoms with Gasteiger partial charge in [0.15, 0.2) is 0 Å². The van der Waals surface area contributed by atoms with Gasteiger partial charge in [-0.25, -0.2) is 0 Å². The van der Waals surface area contributed by atoms with Crippen molar-refractivity contribution in [1.82, 2.24) is 0 Å². The lowest BCUT2D eigenvalue weighted by atomic mass is 10.7. The van der Waals surface area contributed by atoms with Crippen LogP contribution in [0.5, 0.6) is 0 Å². The molecule has 0 amide bonds. The van der Waals surface area contributed by atoms with E-state index in [4.69, 9.17) is 14.3 Å². The third kappa shape index (κ3) is 9.50. The molecule has 0 unspecified atom stereocenters. The van der Waals surface area contributed by atoms with Gasteiger partial charge in [-0.2, -0.15) is 4.89 Å². The average molecular weight is 196 g/mol. The number of methoxy groups -OCH3 is 1. The standard InChI is InChI=1S/C5H12O6Si/c1-8-2-3-9-4-5-10-11-12(6)7/h6H,2-5H2,1H3. The third-order valence-electron chi connectivity index (χ3n) is 0.873. The molecule has 0 aliphatic heterocycles. The van der Waals surface area contributed by atoms with E-state index in [1.54, 1.807) is 7.11 Å². The first-order chi connectivity index (χ1) is 5.77. The quantitative estimate of drug-likeness (QED) is 0.232. The summed E-state index contributed by atoms with van der Waals surface area (Å²) in [5.74, 6) is 0. The van der Waals surface area contributed by atoms with Crippen LogP contribution >= 0.6 is 0 Å². The zero-order valence-corrected chi connectivity index (χ0v) is 7.82. The van der Waals surface area contributed by atoms with Gasteiger partial charge in [-0.1, -0.05) is 0 Å². The molecule has 6 nitrogen and oxygen atoms in total. The van der Waals surface area contributed by atoms with E-state index in [-0.39, 0.29) is 6.61 Å². The summed E-state index contributed by atoms with van der Waals surface area (Å²) in [5, 5.41) is 0. The van der Waals surface area contributed by atoms with Crippen LogP contribution in [0.4, 0.5) is 0 Å². The molecule has 0 aromatic carbocycles. The van der Waals surface area contributed by atoms with Crippen LogP contribution in [0.2, 0.25) is 0 Å². The first-order valence-electron chi connectivity index (χ1n) is 3.36. The predicted octanol–water partition coefficient (Wildman–Crippen LogP) is -0.995. The Morgan fingerprint density at radius 2 is 1.92 bits per heavy atom. The van der Waals surface area contributed by atoms with Gasteiger partial charge in [0.1, 0.15) is 6.61 Å². The molecule has 0 saturated heterocycles. The molecule has 7 heteroatoms. The molecule has 0 saturated carbocycles. The van der Waals surface area contributed by atoms with E-state index in [0.29, 0.717) is 19.8 Å². The maximum Gasteiger partial charge on any atom is 0.798 e. The first-order valence-corrected chi connectivity index (χ1v) is 4.63. The van der Waals surface area contributed by atoms with Crippen LogP contribution in [0.1, 0.15) is 0 Å². The molecular weight excluding hydrogens is 184 g/mol. The summed E-state index contributed by atoms with van der Waals surface area (Å²) in [6.07, 6.45) is 0. The van der Waals surface area contributed by atoms with Crippen LogP contribution in [0.25, 0.3) is 0 Å². The lowest BCUT2D eigenvalue weighted by molar-refractivity contribution is -0.233. The van der Waals surface area contributed by atoms with Crippen molar-refractivity contribution in [3.63, 3.8) is 0 Å². The number of hydrogen-bond donors (Lipinski definition) is 1. The SMILES string of the molecule is COCCOCCOO[Si](=O)O. The number of rotatable bonds is 8. The van der Waals surface area contributed by atoms with Gasteiger partial charge in [0.05, 0.1) is 19.8 Å². The maximum absolute atomic E-state index is 9.91. The molecular formula is C5H12O6Si. The Bertz CT molecular complexity index is 119. The molecule has 0 fully saturated rings. The molecule has 0 radical (unpaired) electrons. The molecule has 0 rings (SSSR count). The molecule has 0 aliphatic carbocycles. The summed E-state index contributed by atoms with van der Waals surface area (Å²) in [7, 11) is -1.41. The highest BCUT2D eigenvalue weighted by molar-refractivity contribution is 6.23. The molecule has 0 heterocycles. The van der Waals surface area contributed by atoms with Crippen molar-refractivity contribution in [2.75, 3.05) is 33.5 Å². The van der Waals surface area contributed by atoms with Gasteiger partial charge in [-0.3, -0.25) is 4.46 Å². The highest BCUT2D eigenvalue weighted by Gasteiger charge is 2.03. The Hall–Kier alpha value is -0.503. The van der Waals surface area contributed by atoms with Crippen LogP contribution in [0, 0.1) is 0 Å². The van der Waals surface area contributed by atoms with Crippen molar-refractivity contribution < 1.29 is 28.2 Å². The minimum atomic E-state index is -2.98. The van der Waals surface area contributed by atoms with E-state index in [0.717, 1.165) is 0 Å². The summed E-state index contributed by atoms with van der Waals surface area (Å²) >= 11 is 0. The van der Waals surface area contributed by atoms with Crippen molar-refractivity contribution in [3.8, 4) is 0 Å². The molecule has 0 spiro atoms. The fraction of sp³-hybridized carbons (Fsp3) is 1.00. The largest absolute Gasteiger partial charge is 0.798 e. The minimum Gasteiger partial charge on any atom is -0.510 e. The van der Waals surface area contributed by atoms with Crippen LogP contribution in [0.3, 0.4) is 0 Å².